The largest absolute Gasteiger partial charge is 0.389 e. The van der Waals surface area contributed by atoms with Crippen LogP contribution in [0.15, 0.2) is 16.9 Å². The molecular formula is C33H36N10O2S. The number of nitrogens with two attached hydrogens (primary N) is 1. The van der Waals surface area contributed by atoms with E-state index in [0.717, 1.165) is 97.8 Å². The van der Waals surface area contributed by atoms with Gasteiger partial charge in [0, 0.05) is 22.7 Å². The van der Waals surface area contributed by atoms with Gasteiger partial charge in [0.25, 0.3) is 0 Å². The van der Waals surface area contributed by atoms with Gasteiger partial charge in [0.15, 0.2) is 28.7 Å². The van der Waals surface area contributed by atoms with Gasteiger partial charge < -0.3 is 20.3 Å². The molecule has 5 aromatic heterocycles. The number of likely N-dealkylation sites (N-methyl/N-ethyl adjacent to an activating group) is 1. The minimum absolute atomic E-state index is 0.0913. The minimum atomic E-state index is -0.572. The second-order valence-corrected chi connectivity index (χ2v) is 14.7. The molecule has 0 aromatic carbocycles. The Bertz CT molecular complexity index is 2060. The van der Waals surface area contributed by atoms with Crippen LogP contribution in [-0.4, -0.2) is 64.3 Å². The van der Waals surface area contributed by atoms with Crippen LogP contribution in [0, 0.1) is 11.3 Å². The summed E-state index contributed by atoms with van der Waals surface area (Å²) < 4.78 is 10.1. The lowest BCUT2D eigenvalue weighted by atomic mass is 9.63. The third-order valence-corrected chi connectivity index (χ3v) is 12.1. The number of nitrogens with zero attached hydrogens (tertiary/aromatic N) is 9. The minimum Gasteiger partial charge on any atom is -0.389 e. The van der Waals surface area contributed by atoms with Crippen LogP contribution in [0.3, 0.4) is 0 Å². The molecule has 1 fully saturated rings. The maximum absolute atomic E-state index is 10.6. The summed E-state index contributed by atoms with van der Waals surface area (Å²) >= 11 is 1.54. The Morgan fingerprint density at radius 2 is 2.02 bits per heavy atom. The lowest BCUT2D eigenvalue weighted by molar-refractivity contribution is 0.174. The fraction of sp³-hybridized carbons (Fsp3) is 0.515. The third-order valence-electron chi connectivity index (χ3n) is 11.1. The van der Waals surface area contributed by atoms with Crippen molar-refractivity contribution in [2.24, 2.45) is 0 Å². The fourth-order valence-electron chi connectivity index (χ4n) is 8.85. The molecular weight excluding hydrogens is 600 g/mol. The van der Waals surface area contributed by atoms with Crippen molar-refractivity contribution in [1.29, 1.82) is 5.26 Å². The first-order valence-electron chi connectivity index (χ1n) is 16.4. The van der Waals surface area contributed by atoms with Gasteiger partial charge in [-0.15, -0.1) is 11.3 Å². The summed E-state index contributed by atoms with van der Waals surface area (Å²) in [6.07, 6.45) is 12.4. The summed E-state index contributed by atoms with van der Waals surface area (Å²) in [7, 11) is 2.18. The number of aliphatic hydroxyl groups is 1. The molecule has 1 spiro atoms. The number of aliphatic hydroxyl groups excluding tert-OH is 1. The topological polar surface area (TPSA) is 161 Å². The number of hydrogen-bond donors (Lipinski definition) is 2. The summed E-state index contributed by atoms with van der Waals surface area (Å²) in [5.41, 5.74) is 11.7. The van der Waals surface area contributed by atoms with Crippen LogP contribution in [0.5, 0.6) is 0 Å². The van der Waals surface area contributed by atoms with E-state index in [1.54, 1.807) is 16.0 Å². The predicted molar refractivity (Wildman–Crippen MR) is 172 cm³/mol. The van der Waals surface area contributed by atoms with Gasteiger partial charge in [0.1, 0.15) is 11.1 Å². The van der Waals surface area contributed by atoms with Crippen molar-refractivity contribution in [1.82, 2.24) is 39.6 Å². The van der Waals surface area contributed by atoms with Crippen molar-refractivity contribution in [3.05, 3.63) is 51.0 Å². The number of rotatable bonds is 4. The molecule has 4 aliphatic rings. The average Bonchev–Trinajstić information content (AvgIpc) is 3.89. The smallest absolute Gasteiger partial charge is 0.186 e. The van der Waals surface area contributed by atoms with E-state index in [4.69, 9.17) is 30.4 Å². The van der Waals surface area contributed by atoms with Gasteiger partial charge in [-0.2, -0.15) is 15.5 Å². The lowest BCUT2D eigenvalue weighted by Crippen LogP contribution is -2.35. The SMILES string of the molecule is C[C@@H]([C@@H]1CCCN1C)n1ncc2c(-n3cc4c(n3)[C@@H](O)CC4)nc(-c3noc4c3CCC[C@@]43CCCc4sc(N)c(C#N)c43)nc21. The van der Waals surface area contributed by atoms with Gasteiger partial charge in [-0.05, 0) is 95.9 Å². The van der Waals surface area contributed by atoms with Gasteiger partial charge in [-0.3, -0.25) is 0 Å². The maximum atomic E-state index is 10.6. The molecule has 1 saturated heterocycles. The molecule has 5 aromatic rings. The van der Waals surface area contributed by atoms with Crippen LogP contribution in [-0.2, 0) is 24.7 Å². The molecule has 0 bridgehead atoms. The molecule has 6 heterocycles. The zero-order valence-electron chi connectivity index (χ0n) is 26.0. The Morgan fingerprint density at radius 3 is 2.80 bits per heavy atom. The van der Waals surface area contributed by atoms with Crippen LogP contribution in [0.1, 0.15) is 103 Å². The van der Waals surface area contributed by atoms with E-state index in [1.807, 2.05) is 17.1 Å². The maximum Gasteiger partial charge on any atom is 0.186 e. The van der Waals surface area contributed by atoms with Crippen molar-refractivity contribution in [2.75, 3.05) is 19.3 Å². The zero-order chi connectivity index (χ0) is 31.3. The number of hydrogen-bond acceptors (Lipinski definition) is 11. The van der Waals surface area contributed by atoms with Gasteiger partial charge >= 0.3 is 0 Å². The van der Waals surface area contributed by atoms with Crippen molar-refractivity contribution < 1.29 is 9.63 Å². The van der Waals surface area contributed by atoms with E-state index in [2.05, 4.69) is 30.1 Å². The highest BCUT2D eigenvalue weighted by Gasteiger charge is 2.49. The van der Waals surface area contributed by atoms with Crippen LogP contribution in [0.2, 0.25) is 0 Å². The molecule has 0 unspecified atom stereocenters. The second kappa shape index (κ2) is 10.2. The molecule has 0 radical (unpaired) electrons. The molecule has 0 saturated carbocycles. The highest BCUT2D eigenvalue weighted by atomic mass is 32.1. The van der Waals surface area contributed by atoms with Gasteiger partial charge in [-0.1, -0.05) is 5.16 Å². The Labute approximate surface area is 269 Å². The van der Waals surface area contributed by atoms with Crippen molar-refractivity contribution >= 4 is 27.4 Å². The number of aromatic nitrogens is 7. The van der Waals surface area contributed by atoms with Crippen LogP contribution in [0.25, 0.3) is 28.4 Å². The number of thiophene rings is 1. The molecule has 46 heavy (non-hydrogen) atoms. The number of nitrogen functional groups attached to an aromatic ring is 1. The number of fused-ring (bicyclic) bond motifs is 6. The summed E-state index contributed by atoms with van der Waals surface area (Å²) in [4.78, 5) is 13.9. The number of nitriles is 1. The molecule has 12 nitrogen and oxygen atoms in total. The molecule has 13 heteroatoms. The third kappa shape index (κ3) is 3.87. The quantitative estimate of drug-likeness (QED) is 0.281. The Morgan fingerprint density at radius 1 is 1.17 bits per heavy atom. The summed E-state index contributed by atoms with van der Waals surface area (Å²) in [6.45, 7) is 3.28. The monoisotopic (exact) mass is 636 g/mol. The molecule has 4 atom stereocenters. The van der Waals surface area contributed by atoms with Crippen LogP contribution >= 0.6 is 11.3 Å². The molecule has 236 valence electrons. The van der Waals surface area contributed by atoms with Crippen molar-refractivity contribution in [2.45, 2.75) is 94.7 Å². The number of aryl methyl sites for hydroxylation is 2. The highest BCUT2D eigenvalue weighted by molar-refractivity contribution is 7.16. The van der Waals surface area contributed by atoms with Crippen molar-refractivity contribution in [3.8, 4) is 23.4 Å². The normalized spacial score (nSPS) is 24.7. The van der Waals surface area contributed by atoms with E-state index >= 15 is 0 Å². The molecule has 0 amide bonds. The van der Waals surface area contributed by atoms with E-state index < -0.39 is 11.5 Å². The van der Waals surface area contributed by atoms with Crippen LogP contribution in [0.4, 0.5) is 5.00 Å². The van der Waals surface area contributed by atoms with Gasteiger partial charge in [0.2, 0.25) is 0 Å². The first-order chi connectivity index (χ1) is 22.4. The molecule has 3 aliphatic carbocycles. The first-order valence-corrected chi connectivity index (χ1v) is 17.2. The zero-order valence-corrected chi connectivity index (χ0v) is 26.8. The lowest BCUT2D eigenvalue weighted by Gasteiger charge is -2.39. The molecule has 9 rings (SSSR count). The average molecular weight is 637 g/mol. The van der Waals surface area contributed by atoms with Crippen molar-refractivity contribution in [3.63, 3.8) is 0 Å². The van der Waals surface area contributed by atoms with Gasteiger partial charge in [0.05, 0.1) is 40.4 Å². The van der Waals surface area contributed by atoms with E-state index in [-0.39, 0.29) is 6.04 Å². The summed E-state index contributed by atoms with van der Waals surface area (Å²) in [5.74, 6) is 1.90. The highest BCUT2D eigenvalue weighted by Crippen LogP contribution is 2.55. The van der Waals surface area contributed by atoms with Gasteiger partial charge in [-0.25, -0.2) is 19.3 Å². The predicted octanol–water partition coefficient (Wildman–Crippen LogP) is 4.78. The summed E-state index contributed by atoms with van der Waals surface area (Å²) in [6, 6.07) is 2.85. The number of likely N-dealkylation sites (tertiary alicyclic amines) is 1. The second-order valence-electron chi connectivity index (χ2n) is 13.5. The Kier molecular flexibility index (Phi) is 6.23. The molecule has 3 N–H and O–H groups in total. The Hall–Kier alpha value is -4.12. The first kappa shape index (κ1) is 28.1. The van der Waals surface area contributed by atoms with E-state index in [0.29, 0.717) is 46.1 Å². The molecule has 1 aliphatic heterocycles. The summed E-state index contributed by atoms with van der Waals surface area (Å²) in [5, 5.41) is 36.4. The van der Waals surface area contributed by atoms with Crippen LogP contribution < -0.4 is 5.73 Å². The Balaban J connectivity index is 1.23. The van der Waals surface area contributed by atoms with E-state index in [1.165, 1.54) is 4.88 Å². The van der Waals surface area contributed by atoms with E-state index in [9.17, 15) is 10.4 Å². The standard InChI is InChI=1S/C33H36N10O2S/c1-17(22-7-5-13-41(22)2)43-32-21(15-36-43)31(42-16-18-9-10-23(44)26(18)39-42)37-30(38-32)27-19-6-3-11-33(28(19)45-40-27)12-4-8-24-25(33)20(14-34)29(35)46-24/h15-17,22-23,44H,3-13,35H2,1-2H3/t17-,22-,23-,33-/m0/s1. The fourth-order valence-corrected chi connectivity index (χ4v) is 10.0. The number of anilines is 1.